The molecule has 0 bridgehead atoms. The Hall–Kier alpha value is -1.72. The van der Waals surface area contributed by atoms with Gasteiger partial charge in [0.2, 0.25) is 5.92 Å². The third kappa shape index (κ3) is 3.62. The molecule has 126 valence electrons. The number of halogens is 3. The lowest BCUT2D eigenvalue weighted by Crippen LogP contribution is -2.27. The molecule has 3 nitrogen and oxygen atoms in total. The fourth-order valence-corrected chi connectivity index (χ4v) is 3.09. The minimum absolute atomic E-state index is 0.0000100. The second-order valence-corrected chi connectivity index (χ2v) is 6.53. The number of alkyl halides is 2. The predicted molar refractivity (Wildman–Crippen MR) is 77.7 cm³/mol. The molecule has 0 unspecified atom stereocenters. The molecule has 0 radical (unpaired) electrons. The second kappa shape index (κ2) is 6.06. The molecule has 0 aliphatic heterocycles. The Kier molecular flexibility index (Phi) is 4.25. The number of hydrogen-bond acceptors (Lipinski definition) is 2. The van der Waals surface area contributed by atoms with Gasteiger partial charge in [-0.3, -0.25) is 0 Å². The maximum absolute atomic E-state index is 14.4. The van der Waals surface area contributed by atoms with Crippen molar-refractivity contribution in [3.05, 3.63) is 29.1 Å². The number of ether oxygens (including phenoxy) is 1. The van der Waals surface area contributed by atoms with Crippen molar-refractivity contribution in [1.29, 1.82) is 0 Å². The van der Waals surface area contributed by atoms with Crippen molar-refractivity contribution in [2.45, 2.75) is 50.4 Å². The van der Waals surface area contributed by atoms with Gasteiger partial charge in [-0.15, -0.1) is 0 Å². The number of carboxylic acids is 1. The van der Waals surface area contributed by atoms with E-state index in [9.17, 15) is 18.0 Å². The average molecular weight is 328 g/mol. The van der Waals surface area contributed by atoms with Crippen LogP contribution in [0.25, 0.3) is 0 Å². The van der Waals surface area contributed by atoms with Gasteiger partial charge in [-0.2, -0.15) is 0 Å². The molecule has 2 aliphatic carbocycles. The number of rotatable bonds is 5. The first kappa shape index (κ1) is 16.1. The van der Waals surface area contributed by atoms with Crippen LogP contribution in [0, 0.1) is 11.7 Å². The first-order valence-electron chi connectivity index (χ1n) is 7.94. The Morgan fingerprint density at radius 2 is 1.87 bits per heavy atom. The Labute approximate surface area is 132 Å². The molecule has 0 atom stereocenters. The zero-order valence-corrected chi connectivity index (χ0v) is 12.7. The molecule has 0 saturated heterocycles. The van der Waals surface area contributed by atoms with E-state index in [-0.39, 0.29) is 36.8 Å². The van der Waals surface area contributed by atoms with Gasteiger partial charge in [0.1, 0.15) is 11.6 Å². The Morgan fingerprint density at radius 1 is 1.22 bits per heavy atom. The molecule has 0 heterocycles. The SMILES string of the molecule is O=C(O)c1ccc(OCC2CCC(F)(F)CC2)c(C2CC2)c1F. The summed E-state index contributed by atoms with van der Waals surface area (Å²) in [6, 6.07) is 2.69. The number of hydrogen-bond donors (Lipinski definition) is 1. The van der Waals surface area contributed by atoms with Crippen molar-refractivity contribution in [2.24, 2.45) is 5.92 Å². The highest BCUT2D eigenvalue weighted by Gasteiger charge is 2.36. The van der Waals surface area contributed by atoms with E-state index < -0.39 is 17.7 Å². The summed E-state index contributed by atoms with van der Waals surface area (Å²) < 4.78 is 46.4. The summed E-state index contributed by atoms with van der Waals surface area (Å²) in [5.74, 6) is -4.22. The van der Waals surface area contributed by atoms with Crippen molar-refractivity contribution < 1.29 is 27.8 Å². The van der Waals surface area contributed by atoms with E-state index in [1.807, 2.05) is 0 Å². The van der Waals surface area contributed by atoms with Crippen molar-refractivity contribution >= 4 is 5.97 Å². The van der Waals surface area contributed by atoms with Crippen LogP contribution in [0.15, 0.2) is 12.1 Å². The van der Waals surface area contributed by atoms with E-state index in [2.05, 4.69) is 0 Å². The van der Waals surface area contributed by atoms with Crippen LogP contribution >= 0.6 is 0 Å². The number of carboxylic acid groups (broad SMARTS) is 1. The Morgan fingerprint density at radius 3 is 2.43 bits per heavy atom. The Bertz CT molecular complexity index is 601. The highest BCUT2D eigenvalue weighted by Crippen LogP contribution is 2.46. The largest absolute Gasteiger partial charge is 0.493 e. The molecule has 3 rings (SSSR count). The van der Waals surface area contributed by atoms with Crippen molar-refractivity contribution in [1.82, 2.24) is 0 Å². The summed E-state index contributed by atoms with van der Waals surface area (Å²) in [5, 5.41) is 9.01. The van der Waals surface area contributed by atoms with Crippen LogP contribution in [-0.2, 0) is 0 Å². The third-order valence-electron chi connectivity index (χ3n) is 4.67. The molecule has 2 saturated carbocycles. The van der Waals surface area contributed by atoms with E-state index in [1.165, 1.54) is 12.1 Å². The summed E-state index contributed by atoms with van der Waals surface area (Å²) in [7, 11) is 0. The van der Waals surface area contributed by atoms with Gasteiger partial charge in [0.15, 0.2) is 0 Å². The van der Waals surface area contributed by atoms with Gasteiger partial charge in [0.25, 0.3) is 0 Å². The maximum atomic E-state index is 14.4. The first-order chi connectivity index (χ1) is 10.9. The standard InChI is InChI=1S/C17H19F3O3/c18-15-12(16(21)22)3-4-13(14(15)11-1-2-11)23-9-10-5-7-17(19,20)8-6-10/h3-4,10-11H,1-2,5-9H2,(H,21,22). The lowest BCUT2D eigenvalue weighted by Gasteiger charge is -2.28. The van der Waals surface area contributed by atoms with Gasteiger partial charge >= 0.3 is 5.97 Å². The molecule has 0 amide bonds. The lowest BCUT2D eigenvalue weighted by atomic mass is 9.87. The molecular weight excluding hydrogens is 309 g/mol. The molecule has 2 fully saturated rings. The molecule has 6 heteroatoms. The van der Waals surface area contributed by atoms with Gasteiger partial charge in [-0.1, -0.05) is 0 Å². The number of benzene rings is 1. The van der Waals surface area contributed by atoms with Gasteiger partial charge in [0.05, 0.1) is 12.2 Å². The van der Waals surface area contributed by atoms with Crippen LogP contribution in [0.5, 0.6) is 5.75 Å². The van der Waals surface area contributed by atoms with E-state index in [0.717, 1.165) is 12.8 Å². The monoisotopic (exact) mass is 328 g/mol. The summed E-state index contributed by atoms with van der Waals surface area (Å²) in [4.78, 5) is 11.0. The minimum atomic E-state index is -2.58. The van der Waals surface area contributed by atoms with E-state index >= 15 is 0 Å². The molecule has 1 N–H and O–H groups in total. The fourth-order valence-electron chi connectivity index (χ4n) is 3.09. The lowest BCUT2D eigenvalue weighted by molar-refractivity contribution is -0.0499. The van der Waals surface area contributed by atoms with Crippen LogP contribution in [0.3, 0.4) is 0 Å². The van der Waals surface area contributed by atoms with Gasteiger partial charge < -0.3 is 9.84 Å². The van der Waals surface area contributed by atoms with Crippen LogP contribution in [-0.4, -0.2) is 23.6 Å². The maximum Gasteiger partial charge on any atom is 0.338 e. The topological polar surface area (TPSA) is 46.5 Å². The van der Waals surface area contributed by atoms with Crippen LogP contribution < -0.4 is 4.74 Å². The van der Waals surface area contributed by atoms with Crippen LogP contribution in [0.1, 0.15) is 60.4 Å². The summed E-state index contributed by atoms with van der Waals surface area (Å²) >= 11 is 0. The van der Waals surface area contributed by atoms with Crippen LogP contribution in [0.2, 0.25) is 0 Å². The molecule has 2 aliphatic rings. The third-order valence-corrected chi connectivity index (χ3v) is 4.67. The zero-order chi connectivity index (χ0) is 16.6. The molecule has 23 heavy (non-hydrogen) atoms. The average Bonchev–Trinajstić information content (AvgIpc) is 3.30. The molecule has 1 aromatic rings. The molecule has 0 aromatic heterocycles. The van der Waals surface area contributed by atoms with Crippen LogP contribution in [0.4, 0.5) is 13.2 Å². The summed E-state index contributed by atoms with van der Waals surface area (Å²) in [5.41, 5.74) is -0.0254. The second-order valence-electron chi connectivity index (χ2n) is 6.53. The molecule has 0 spiro atoms. The Balaban J connectivity index is 1.71. The van der Waals surface area contributed by atoms with Gasteiger partial charge in [-0.05, 0) is 49.7 Å². The van der Waals surface area contributed by atoms with E-state index in [0.29, 0.717) is 24.2 Å². The summed E-state index contributed by atoms with van der Waals surface area (Å²) in [6.45, 7) is 0.266. The summed E-state index contributed by atoms with van der Waals surface area (Å²) in [6.07, 6.45) is 2.13. The zero-order valence-electron chi connectivity index (χ0n) is 12.7. The predicted octanol–water partition coefficient (Wildman–Crippen LogP) is 4.61. The smallest absolute Gasteiger partial charge is 0.338 e. The molecular formula is C17H19F3O3. The number of carbonyl (C=O) groups is 1. The fraction of sp³-hybridized carbons (Fsp3) is 0.588. The van der Waals surface area contributed by atoms with Gasteiger partial charge in [-0.25, -0.2) is 18.0 Å². The van der Waals surface area contributed by atoms with E-state index in [1.54, 1.807) is 0 Å². The van der Waals surface area contributed by atoms with E-state index in [4.69, 9.17) is 9.84 Å². The highest BCUT2D eigenvalue weighted by molar-refractivity contribution is 5.88. The normalized spacial score (nSPS) is 21.2. The first-order valence-corrected chi connectivity index (χ1v) is 7.94. The molecule has 1 aromatic carbocycles. The van der Waals surface area contributed by atoms with Crippen molar-refractivity contribution in [3.63, 3.8) is 0 Å². The van der Waals surface area contributed by atoms with Gasteiger partial charge in [0, 0.05) is 18.4 Å². The van der Waals surface area contributed by atoms with Crippen molar-refractivity contribution in [3.8, 4) is 5.75 Å². The minimum Gasteiger partial charge on any atom is -0.493 e. The quantitative estimate of drug-likeness (QED) is 0.859. The van der Waals surface area contributed by atoms with Crippen molar-refractivity contribution in [2.75, 3.05) is 6.61 Å². The highest BCUT2D eigenvalue weighted by atomic mass is 19.3. The number of aromatic carboxylic acids is 1.